The van der Waals surface area contributed by atoms with Crippen LogP contribution in [0, 0.1) is 5.82 Å². The standard InChI is InChI=1S/C35H35F4N5O4S/c1-48-27-6-4-7-28(23-27)49(46,47)44-17-5-10-32(44)33(45)16-15-26-22-30(24-11-13-25(14-12-24)35(37,38)39)41-34(40-26)43-20-18-42(19-21-43)31-9-3-2-8-29(31)36/h2-4,6-9,11-14,22-23,32H,5,10,15-21H2,1H3/t32-/m0/s1. The lowest BCUT2D eigenvalue weighted by atomic mass is 10.0. The van der Waals surface area contributed by atoms with E-state index in [1.54, 1.807) is 36.4 Å². The van der Waals surface area contributed by atoms with Crippen LogP contribution >= 0.6 is 0 Å². The highest BCUT2D eigenvalue weighted by atomic mass is 32.2. The third kappa shape index (κ3) is 7.54. The van der Waals surface area contributed by atoms with Crippen LogP contribution in [0.3, 0.4) is 0 Å². The summed E-state index contributed by atoms with van der Waals surface area (Å²) in [6.07, 6.45) is -3.40. The van der Waals surface area contributed by atoms with Crippen LogP contribution in [-0.4, -0.2) is 74.3 Å². The smallest absolute Gasteiger partial charge is 0.416 e. The van der Waals surface area contributed by atoms with Crippen molar-refractivity contribution in [3.05, 3.63) is 95.9 Å². The van der Waals surface area contributed by atoms with Gasteiger partial charge in [0.2, 0.25) is 16.0 Å². The van der Waals surface area contributed by atoms with E-state index in [2.05, 4.69) is 4.98 Å². The minimum atomic E-state index is -4.49. The fraction of sp³-hybridized carbons (Fsp3) is 0.343. The Morgan fingerprint density at radius 1 is 0.898 bits per heavy atom. The van der Waals surface area contributed by atoms with E-state index in [0.29, 0.717) is 73.4 Å². The first kappa shape index (κ1) is 34.3. The van der Waals surface area contributed by atoms with Gasteiger partial charge in [-0.2, -0.15) is 17.5 Å². The number of ketones is 1. The molecule has 4 aromatic rings. The summed E-state index contributed by atoms with van der Waals surface area (Å²) in [6, 6.07) is 18.1. The van der Waals surface area contributed by atoms with Crippen LogP contribution in [-0.2, 0) is 27.4 Å². The van der Waals surface area contributed by atoms with Crippen LogP contribution in [0.5, 0.6) is 5.75 Å². The zero-order chi connectivity index (χ0) is 34.8. The fourth-order valence-corrected chi connectivity index (χ4v) is 7.96. The number of anilines is 2. The van der Waals surface area contributed by atoms with Crippen molar-refractivity contribution in [3.8, 4) is 17.0 Å². The number of alkyl halides is 3. The first-order valence-corrected chi connectivity index (χ1v) is 17.4. The molecule has 258 valence electrons. The highest BCUT2D eigenvalue weighted by molar-refractivity contribution is 7.89. The molecule has 0 N–H and O–H groups in total. The van der Waals surface area contributed by atoms with Gasteiger partial charge >= 0.3 is 6.18 Å². The Bertz CT molecular complexity index is 1920. The Hall–Kier alpha value is -4.56. The van der Waals surface area contributed by atoms with Crippen LogP contribution in [0.4, 0.5) is 29.2 Å². The Balaban J connectivity index is 1.23. The molecule has 2 aliphatic rings. The van der Waals surface area contributed by atoms with Gasteiger partial charge in [0.05, 0.1) is 35.0 Å². The number of aryl methyl sites for hydroxylation is 1. The Labute approximate surface area is 282 Å². The van der Waals surface area contributed by atoms with E-state index in [1.807, 2.05) is 9.80 Å². The minimum absolute atomic E-state index is 0.00123. The summed E-state index contributed by atoms with van der Waals surface area (Å²) in [7, 11) is -2.52. The van der Waals surface area contributed by atoms with Crippen molar-refractivity contribution < 1.29 is 35.5 Å². The summed E-state index contributed by atoms with van der Waals surface area (Å²) in [6.45, 7) is 2.11. The molecule has 3 aromatic carbocycles. The molecule has 0 aliphatic carbocycles. The summed E-state index contributed by atoms with van der Waals surface area (Å²) >= 11 is 0. The van der Waals surface area contributed by atoms with E-state index in [9.17, 15) is 30.8 Å². The molecule has 9 nitrogen and oxygen atoms in total. The molecule has 14 heteroatoms. The Morgan fingerprint density at radius 2 is 1.61 bits per heavy atom. The van der Waals surface area contributed by atoms with Crippen molar-refractivity contribution in [2.45, 2.75) is 42.8 Å². The third-order valence-electron chi connectivity index (χ3n) is 8.88. The molecule has 1 atom stereocenters. The number of ether oxygens (including phenoxy) is 1. The Morgan fingerprint density at radius 3 is 2.31 bits per heavy atom. The number of carbonyl (C=O) groups is 1. The van der Waals surface area contributed by atoms with Gasteiger partial charge in [-0.25, -0.2) is 22.8 Å². The Kier molecular flexibility index (Phi) is 9.89. The molecular formula is C35H35F4N5O4S. The number of hydrogen-bond donors (Lipinski definition) is 0. The van der Waals surface area contributed by atoms with Crippen molar-refractivity contribution >= 4 is 27.4 Å². The summed E-state index contributed by atoms with van der Waals surface area (Å²) in [5.41, 5.74) is 1.03. The highest BCUT2D eigenvalue weighted by Gasteiger charge is 2.39. The van der Waals surface area contributed by atoms with Crippen molar-refractivity contribution in [2.75, 3.05) is 49.6 Å². The number of nitrogens with zero attached hydrogens (tertiary/aromatic N) is 5. The topological polar surface area (TPSA) is 95.9 Å². The molecule has 0 spiro atoms. The fourth-order valence-electron chi connectivity index (χ4n) is 6.25. The normalized spacial score (nSPS) is 17.4. The number of benzene rings is 3. The number of sulfonamides is 1. The van der Waals surface area contributed by atoms with Gasteiger partial charge < -0.3 is 14.5 Å². The van der Waals surface area contributed by atoms with Gasteiger partial charge in [0, 0.05) is 56.5 Å². The SMILES string of the molecule is COc1cccc(S(=O)(=O)N2CCC[C@H]2C(=O)CCc2cc(-c3ccc(C(F)(F)F)cc3)nc(N3CCN(c4ccccc4F)CC3)n2)c1. The van der Waals surface area contributed by atoms with Gasteiger partial charge in [-0.05, 0) is 61.7 Å². The van der Waals surface area contributed by atoms with Gasteiger partial charge in [-0.3, -0.25) is 4.79 Å². The lowest BCUT2D eigenvalue weighted by molar-refractivity contribution is -0.137. The van der Waals surface area contributed by atoms with Gasteiger partial charge in [-0.15, -0.1) is 0 Å². The summed E-state index contributed by atoms with van der Waals surface area (Å²) in [4.78, 5) is 26.9. The van der Waals surface area contributed by atoms with E-state index in [4.69, 9.17) is 9.72 Å². The van der Waals surface area contributed by atoms with Gasteiger partial charge in [0.1, 0.15) is 11.6 Å². The van der Waals surface area contributed by atoms with Crippen LogP contribution in [0.2, 0.25) is 0 Å². The number of Topliss-reactive ketones (excluding diaryl/α,β-unsaturated/α-hetero) is 1. The third-order valence-corrected chi connectivity index (χ3v) is 10.8. The molecule has 0 saturated carbocycles. The van der Waals surface area contributed by atoms with Crippen molar-refractivity contribution in [1.29, 1.82) is 0 Å². The molecule has 0 unspecified atom stereocenters. The molecule has 0 amide bonds. The second kappa shape index (κ2) is 14.1. The average Bonchev–Trinajstić information content (AvgIpc) is 3.62. The molecule has 0 radical (unpaired) electrons. The maximum absolute atomic E-state index is 14.4. The second-order valence-electron chi connectivity index (χ2n) is 12.0. The zero-order valence-electron chi connectivity index (χ0n) is 26.7. The van der Waals surface area contributed by atoms with Crippen LogP contribution in [0.15, 0.2) is 83.8 Å². The van der Waals surface area contributed by atoms with Gasteiger partial charge in [0.25, 0.3) is 0 Å². The molecule has 2 saturated heterocycles. The summed E-state index contributed by atoms with van der Waals surface area (Å²) in [5, 5.41) is 0. The summed E-state index contributed by atoms with van der Waals surface area (Å²) < 4.78 is 87.7. The molecule has 2 fully saturated rings. The van der Waals surface area contributed by atoms with E-state index >= 15 is 0 Å². The first-order valence-electron chi connectivity index (χ1n) is 15.9. The monoisotopic (exact) mass is 697 g/mol. The minimum Gasteiger partial charge on any atom is -0.497 e. The van der Waals surface area contributed by atoms with E-state index in [0.717, 1.165) is 12.1 Å². The molecule has 0 bridgehead atoms. The van der Waals surface area contributed by atoms with E-state index in [-0.39, 0.29) is 35.9 Å². The average molecular weight is 698 g/mol. The molecule has 1 aromatic heterocycles. The van der Waals surface area contributed by atoms with Gasteiger partial charge in [0.15, 0.2) is 5.78 Å². The number of methoxy groups -OCH3 is 1. The number of piperazine rings is 1. The maximum Gasteiger partial charge on any atom is 0.416 e. The highest BCUT2D eigenvalue weighted by Crippen LogP contribution is 2.32. The number of carbonyl (C=O) groups excluding carboxylic acids is 1. The summed E-state index contributed by atoms with van der Waals surface area (Å²) in [5.74, 6) is 0.163. The van der Waals surface area contributed by atoms with E-state index < -0.39 is 27.8 Å². The lowest BCUT2D eigenvalue weighted by Crippen LogP contribution is -2.47. The predicted molar refractivity (Wildman–Crippen MR) is 177 cm³/mol. The zero-order valence-corrected chi connectivity index (χ0v) is 27.6. The van der Waals surface area contributed by atoms with Gasteiger partial charge in [-0.1, -0.05) is 30.3 Å². The number of rotatable bonds is 10. The number of aromatic nitrogens is 2. The number of hydrogen-bond acceptors (Lipinski definition) is 8. The molecule has 6 rings (SSSR count). The molecule has 2 aliphatic heterocycles. The first-order chi connectivity index (χ1) is 23.4. The van der Waals surface area contributed by atoms with Crippen molar-refractivity contribution in [3.63, 3.8) is 0 Å². The van der Waals surface area contributed by atoms with Crippen molar-refractivity contribution in [2.24, 2.45) is 0 Å². The van der Waals surface area contributed by atoms with Crippen LogP contribution in [0.1, 0.15) is 30.5 Å². The number of para-hydroxylation sites is 1. The van der Waals surface area contributed by atoms with Crippen LogP contribution < -0.4 is 14.5 Å². The number of halogens is 4. The second-order valence-corrected chi connectivity index (χ2v) is 13.9. The predicted octanol–water partition coefficient (Wildman–Crippen LogP) is 5.99. The molecular weight excluding hydrogens is 662 g/mol. The maximum atomic E-state index is 14.4. The largest absolute Gasteiger partial charge is 0.497 e. The quantitative estimate of drug-likeness (QED) is 0.187. The van der Waals surface area contributed by atoms with Crippen LogP contribution in [0.25, 0.3) is 11.3 Å². The van der Waals surface area contributed by atoms with E-state index in [1.165, 1.54) is 41.7 Å². The van der Waals surface area contributed by atoms with Crippen molar-refractivity contribution in [1.82, 2.24) is 14.3 Å². The molecule has 3 heterocycles. The molecule has 49 heavy (non-hydrogen) atoms. The lowest BCUT2D eigenvalue weighted by Gasteiger charge is -2.36.